The minimum Gasteiger partial charge on any atom is -0.342 e. The maximum Gasteiger partial charge on any atom is 0.245 e. The van der Waals surface area contributed by atoms with Gasteiger partial charge in [-0.3, -0.25) is 9.59 Å². The van der Waals surface area contributed by atoms with Gasteiger partial charge in [0, 0.05) is 18.7 Å². The third kappa shape index (κ3) is 7.26. The lowest BCUT2D eigenvalue weighted by molar-refractivity contribution is -0.140. The molecule has 0 saturated heterocycles. The van der Waals surface area contributed by atoms with E-state index < -0.39 is 22.9 Å². The highest BCUT2D eigenvalue weighted by molar-refractivity contribution is 5.91. The van der Waals surface area contributed by atoms with Crippen LogP contribution in [0.3, 0.4) is 0 Å². The van der Waals surface area contributed by atoms with E-state index in [1.165, 1.54) is 6.21 Å². The lowest BCUT2D eigenvalue weighted by Crippen LogP contribution is -2.61. The molecule has 0 aromatic heterocycles. The highest BCUT2D eigenvalue weighted by Gasteiger charge is 2.41. The fourth-order valence-corrected chi connectivity index (χ4v) is 4.15. The van der Waals surface area contributed by atoms with Crippen molar-refractivity contribution in [3.8, 4) is 0 Å². The summed E-state index contributed by atoms with van der Waals surface area (Å²) in [4.78, 5) is 28.9. The van der Waals surface area contributed by atoms with E-state index in [1.807, 2.05) is 91.8 Å². The summed E-state index contributed by atoms with van der Waals surface area (Å²) in [7, 11) is 3.55. The fraction of sp³-hybridized carbons (Fsp3) is 0.593. The molecule has 3 N–H and O–H groups in total. The van der Waals surface area contributed by atoms with Crippen LogP contribution < -0.4 is 10.6 Å². The topological polar surface area (TPSA) is 85.3 Å². The van der Waals surface area contributed by atoms with Gasteiger partial charge in [0.1, 0.15) is 6.04 Å². The van der Waals surface area contributed by atoms with Crippen LogP contribution in [0.15, 0.2) is 42.0 Å². The van der Waals surface area contributed by atoms with Crippen LogP contribution in [0.25, 0.3) is 0 Å². The van der Waals surface area contributed by atoms with Gasteiger partial charge >= 0.3 is 0 Å². The molecule has 1 aromatic carbocycles. The molecule has 1 aromatic rings. The number of hydrogen-bond acceptors (Lipinski definition) is 4. The second kappa shape index (κ2) is 11.6. The summed E-state index contributed by atoms with van der Waals surface area (Å²) in [5, 5.41) is 13.7. The highest BCUT2D eigenvalue weighted by atomic mass is 16.2. The molecule has 2 amide bonds. The molecule has 6 nitrogen and oxygen atoms in total. The maximum atomic E-state index is 13.7. The second-order valence-electron chi connectivity index (χ2n) is 10.9. The van der Waals surface area contributed by atoms with Crippen molar-refractivity contribution >= 4 is 18.0 Å². The average Bonchev–Trinajstić information content (AvgIpc) is 2.74. The molecule has 0 unspecified atom stereocenters. The number of nitrogens with one attached hydrogen (secondary N) is 3. The zero-order valence-corrected chi connectivity index (χ0v) is 22.1. The first kappa shape index (κ1) is 28.6. The first-order valence-corrected chi connectivity index (χ1v) is 11.7. The van der Waals surface area contributed by atoms with Crippen LogP contribution >= 0.6 is 0 Å². The van der Waals surface area contributed by atoms with E-state index in [2.05, 4.69) is 10.6 Å². The summed E-state index contributed by atoms with van der Waals surface area (Å²) in [5.74, 6) is -0.191. The van der Waals surface area contributed by atoms with Gasteiger partial charge < -0.3 is 20.9 Å². The second-order valence-corrected chi connectivity index (χ2v) is 10.9. The van der Waals surface area contributed by atoms with E-state index in [0.29, 0.717) is 0 Å². The number of benzene rings is 1. The maximum absolute atomic E-state index is 13.7. The summed E-state index contributed by atoms with van der Waals surface area (Å²) >= 11 is 0. The zero-order valence-electron chi connectivity index (χ0n) is 22.1. The van der Waals surface area contributed by atoms with E-state index in [4.69, 9.17) is 5.41 Å². The first-order valence-electron chi connectivity index (χ1n) is 11.7. The van der Waals surface area contributed by atoms with Crippen LogP contribution in [-0.4, -0.2) is 55.1 Å². The van der Waals surface area contributed by atoms with Gasteiger partial charge in [-0.15, -0.1) is 0 Å². The van der Waals surface area contributed by atoms with E-state index in [9.17, 15) is 9.59 Å². The minimum absolute atomic E-state index is 0.143. The molecule has 6 heteroatoms. The van der Waals surface area contributed by atoms with Gasteiger partial charge in [-0.2, -0.15) is 0 Å². The van der Waals surface area contributed by atoms with E-state index >= 15 is 0 Å². The average molecular weight is 457 g/mol. The molecule has 184 valence electrons. The van der Waals surface area contributed by atoms with Crippen molar-refractivity contribution in [2.24, 2.45) is 11.3 Å². The van der Waals surface area contributed by atoms with Gasteiger partial charge in [0.2, 0.25) is 11.8 Å². The molecular weight excluding hydrogens is 412 g/mol. The highest BCUT2D eigenvalue weighted by Crippen LogP contribution is 2.29. The number of nitrogens with zero attached hydrogens (tertiary/aromatic N) is 1. The normalized spacial score (nSPS) is 15.5. The largest absolute Gasteiger partial charge is 0.342 e. The van der Waals surface area contributed by atoms with Crippen molar-refractivity contribution in [2.75, 3.05) is 14.1 Å². The molecule has 0 heterocycles. The number of carbonyl (C=O) groups is 2. The molecule has 1 rings (SSSR count). The van der Waals surface area contributed by atoms with Crippen molar-refractivity contribution in [2.45, 2.75) is 78.9 Å². The molecule has 3 atom stereocenters. The summed E-state index contributed by atoms with van der Waals surface area (Å²) in [6.07, 6.45) is 3.23. The molecule has 0 aliphatic carbocycles. The Morgan fingerprint density at radius 2 is 1.58 bits per heavy atom. The number of allylic oxidation sites excluding steroid dienone is 1. The number of likely N-dealkylation sites (N-methyl/N-ethyl adjacent to an activating group) is 2. The predicted molar refractivity (Wildman–Crippen MR) is 138 cm³/mol. The lowest BCUT2D eigenvalue weighted by Gasteiger charge is -2.40. The van der Waals surface area contributed by atoms with Crippen LogP contribution in [0.5, 0.6) is 0 Å². The summed E-state index contributed by atoms with van der Waals surface area (Å²) in [5.41, 5.74) is 0.867. The lowest BCUT2D eigenvalue weighted by atomic mass is 9.76. The van der Waals surface area contributed by atoms with E-state index in [0.717, 1.165) is 11.1 Å². The van der Waals surface area contributed by atoms with Gasteiger partial charge in [-0.25, -0.2) is 0 Å². The molecular formula is C27H44N4O2. The molecule has 33 heavy (non-hydrogen) atoms. The van der Waals surface area contributed by atoms with Crippen molar-refractivity contribution in [1.82, 2.24) is 15.5 Å². The number of rotatable bonds is 10. The Morgan fingerprint density at radius 3 is 2.00 bits per heavy atom. The standard InChI is InChI=1S/C27H44N4O2/c1-18(2)21(16-19(3)17-28)31(10)25(33)23(26(4,5)6)30-24(32)22(29-9)27(7,8)20-14-12-11-13-15-20/h11-18,21-23,28-29H,1-10H3,(H,30,32)/b19-16+,28-17?/t21-,22-,23-/m1/s1. The monoisotopic (exact) mass is 456 g/mol. The Kier molecular flexibility index (Phi) is 10.0. The van der Waals surface area contributed by atoms with Crippen LogP contribution in [0.4, 0.5) is 0 Å². The molecule has 0 spiro atoms. The Morgan fingerprint density at radius 1 is 1.03 bits per heavy atom. The number of amides is 2. The van der Waals surface area contributed by atoms with Crippen molar-refractivity contribution in [1.29, 1.82) is 5.41 Å². The summed E-state index contributed by atoms with van der Waals surface area (Å²) in [6.45, 7) is 15.9. The smallest absolute Gasteiger partial charge is 0.245 e. The molecule has 0 fully saturated rings. The van der Waals surface area contributed by atoms with Crippen LogP contribution in [0.1, 0.15) is 61.0 Å². The molecule has 0 bridgehead atoms. The van der Waals surface area contributed by atoms with Gasteiger partial charge in [-0.05, 0) is 36.4 Å². The molecule has 0 aliphatic heterocycles. The van der Waals surface area contributed by atoms with Crippen LogP contribution in [0.2, 0.25) is 0 Å². The third-order valence-corrected chi connectivity index (χ3v) is 6.33. The Labute approximate surface area is 200 Å². The Balaban J connectivity index is 3.27. The Bertz CT molecular complexity index is 837. The van der Waals surface area contributed by atoms with Gasteiger partial charge in [0.15, 0.2) is 0 Å². The van der Waals surface area contributed by atoms with Crippen molar-refractivity contribution in [3.63, 3.8) is 0 Å². The Hall–Kier alpha value is -2.47. The third-order valence-electron chi connectivity index (χ3n) is 6.33. The SMILES string of the molecule is CN[C@H](C(=O)N[C@H](C(=O)N(C)[C@H](/C=C(\C)C=N)C(C)C)C(C)(C)C)C(C)(C)c1ccccc1. The van der Waals surface area contributed by atoms with Gasteiger partial charge in [0.05, 0.1) is 12.1 Å². The quantitative estimate of drug-likeness (QED) is 0.462. The van der Waals surface area contributed by atoms with E-state index in [-0.39, 0.29) is 23.8 Å². The summed E-state index contributed by atoms with van der Waals surface area (Å²) in [6, 6.07) is 8.52. The fourth-order valence-electron chi connectivity index (χ4n) is 4.15. The zero-order chi connectivity index (χ0) is 25.6. The van der Waals surface area contributed by atoms with E-state index in [1.54, 1.807) is 19.0 Å². The minimum atomic E-state index is -0.702. The first-order chi connectivity index (χ1) is 15.2. The predicted octanol–water partition coefficient (Wildman–Crippen LogP) is 4.16. The number of hydrogen-bond donors (Lipinski definition) is 3. The molecule has 0 aliphatic rings. The summed E-state index contributed by atoms with van der Waals surface area (Å²) < 4.78 is 0. The van der Waals surface area contributed by atoms with Crippen molar-refractivity contribution < 1.29 is 9.59 Å². The van der Waals surface area contributed by atoms with Gasteiger partial charge in [-0.1, -0.05) is 84.9 Å². The molecule has 0 radical (unpaired) electrons. The van der Waals surface area contributed by atoms with Crippen molar-refractivity contribution in [3.05, 3.63) is 47.5 Å². The molecule has 0 saturated carbocycles. The van der Waals surface area contributed by atoms with Gasteiger partial charge in [0.25, 0.3) is 0 Å². The van der Waals surface area contributed by atoms with Crippen LogP contribution in [-0.2, 0) is 15.0 Å². The van der Waals surface area contributed by atoms with Crippen LogP contribution in [0, 0.1) is 16.7 Å². The number of carbonyl (C=O) groups excluding carboxylic acids is 2.